The van der Waals surface area contributed by atoms with E-state index in [9.17, 15) is 4.79 Å². The molecule has 25 heavy (non-hydrogen) atoms. The molecule has 0 heterocycles. The van der Waals surface area contributed by atoms with Gasteiger partial charge in [0.1, 0.15) is 0 Å². The summed E-state index contributed by atoms with van der Waals surface area (Å²) in [4.78, 5) is 10.8. The van der Waals surface area contributed by atoms with Gasteiger partial charge in [-0.05, 0) is 48.2 Å². The molecule has 2 aromatic carbocycles. The van der Waals surface area contributed by atoms with Crippen molar-refractivity contribution in [2.45, 2.75) is 32.2 Å². The summed E-state index contributed by atoms with van der Waals surface area (Å²) in [5, 5.41) is 12.5. The largest absolute Gasteiger partial charge is 0.313 e. The van der Waals surface area contributed by atoms with Gasteiger partial charge in [0.15, 0.2) is 0 Å². The first-order valence-electron chi connectivity index (χ1n) is 8.17. The van der Waals surface area contributed by atoms with E-state index in [1.54, 1.807) is 5.48 Å². The Morgan fingerprint density at radius 3 is 2.12 bits per heavy atom. The highest BCUT2D eigenvalue weighted by Gasteiger charge is 2.00. The summed E-state index contributed by atoms with van der Waals surface area (Å²) in [5.74, 6) is -0.316. The number of carbonyl (C=O) groups excluding carboxylic acids is 1. The highest BCUT2D eigenvalue weighted by atomic mass is 35.5. The van der Waals surface area contributed by atoms with E-state index in [4.69, 9.17) is 16.8 Å². The molecule has 0 bridgehead atoms. The predicted molar refractivity (Wildman–Crippen MR) is 104 cm³/mol. The smallest absolute Gasteiger partial charge is 0.243 e. The lowest BCUT2D eigenvalue weighted by Crippen LogP contribution is -2.18. The van der Waals surface area contributed by atoms with Crippen molar-refractivity contribution in [1.82, 2.24) is 10.8 Å². The maximum Gasteiger partial charge on any atom is 0.243 e. The van der Waals surface area contributed by atoms with Gasteiger partial charge in [0, 0.05) is 18.0 Å². The Bertz CT molecular complexity index is 631. The molecule has 0 saturated carbocycles. The van der Waals surface area contributed by atoms with Crippen LogP contribution in [0, 0.1) is 0 Å². The van der Waals surface area contributed by atoms with E-state index in [2.05, 4.69) is 29.6 Å². The minimum atomic E-state index is -0.316. The molecule has 0 unspecified atom stereocenters. The molecule has 0 aromatic heterocycles. The molecule has 0 aliphatic rings. The van der Waals surface area contributed by atoms with Crippen molar-refractivity contribution in [2.24, 2.45) is 0 Å². The fourth-order valence-electron chi connectivity index (χ4n) is 2.46. The third kappa shape index (κ3) is 7.88. The van der Waals surface area contributed by atoms with Crippen LogP contribution in [0.15, 0.2) is 48.5 Å². The Morgan fingerprint density at radius 1 is 0.920 bits per heavy atom. The Morgan fingerprint density at radius 2 is 1.52 bits per heavy atom. The van der Waals surface area contributed by atoms with Crippen LogP contribution in [0.25, 0.3) is 11.1 Å². The van der Waals surface area contributed by atoms with Gasteiger partial charge in [-0.1, -0.05) is 54.4 Å². The number of hydroxylamine groups is 1. The Hall–Kier alpha value is -1.59. The lowest BCUT2D eigenvalue weighted by molar-refractivity contribution is -0.129. The molecule has 1 amide bonds. The highest BCUT2D eigenvalue weighted by molar-refractivity contribution is 6.30. The molecule has 0 aliphatic heterocycles. The van der Waals surface area contributed by atoms with Gasteiger partial charge < -0.3 is 5.32 Å². The quantitative estimate of drug-likeness (QED) is 0.337. The van der Waals surface area contributed by atoms with Gasteiger partial charge in [-0.25, -0.2) is 5.48 Å². The summed E-state index contributed by atoms with van der Waals surface area (Å²) >= 11 is 5.91. The molecule has 0 atom stereocenters. The van der Waals surface area contributed by atoms with Gasteiger partial charge in [0.05, 0.1) is 0 Å². The van der Waals surface area contributed by atoms with Gasteiger partial charge in [0.2, 0.25) is 5.91 Å². The van der Waals surface area contributed by atoms with Crippen molar-refractivity contribution >= 4 is 29.9 Å². The average molecular weight is 383 g/mol. The van der Waals surface area contributed by atoms with E-state index in [0.717, 1.165) is 42.9 Å². The number of hydrogen-bond donors (Lipinski definition) is 3. The van der Waals surface area contributed by atoms with Crippen molar-refractivity contribution in [3.63, 3.8) is 0 Å². The van der Waals surface area contributed by atoms with Crippen molar-refractivity contribution in [2.75, 3.05) is 6.54 Å². The number of unbranched alkanes of at least 4 members (excludes halogenated alkanes) is 2. The first-order chi connectivity index (χ1) is 11.7. The third-order valence-corrected chi connectivity index (χ3v) is 4.09. The van der Waals surface area contributed by atoms with Crippen LogP contribution in [0.1, 0.15) is 31.2 Å². The zero-order chi connectivity index (χ0) is 17.2. The molecule has 0 spiro atoms. The fourth-order valence-corrected chi connectivity index (χ4v) is 2.58. The van der Waals surface area contributed by atoms with Crippen molar-refractivity contribution in [1.29, 1.82) is 0 Å². The second kappa shape index (κ2) is 11.9. The lowest BCUT2D eigenvalue weighted by Gasteiger charge is -2.07. The molecule has 0 saturated heterocycles. The minimum Gasteiger partial charge on any atom is -0.313 e. The monoisotopic (exact) mass is 382 g/mol. The molecule has 2 rings (SSSR count). The molecular formula is C19H24Cl2N2O2. The maximum atomic E-state index is 10.8. The van der Waals surface area contributed by atoms with Gasteiger partial charge >= 0.3 is 0 Å². The molecule has 0 radical (unpaired) electrons. The van der Waals surface area contributed by atoms with Crippen molar-refractivity contribution in [3.05, 3.63) is 59.1 Å². The summed E-state index contributed by atoms with van der Waals surface area (Å²) in [5.41, 5.74) is 5.23. The first-order valence-corrected chi connectivity index (χ1v) is 8.55. The van der Waals surface area contributed by atoms with E-state index >= 15 is 0 Å². The van der Waals surface area contributed by atoms with Gasteiger partial charge in [-0.15, -0.1) is 12.4 Å². The summed E-state index contributed by atoms with van der Waals surface area (Å²) in [6, 6.07) is 16.3. The third-order valence-electron chi connectivity index (χ3n) is 3.84. The lowest BCUT2D eigenvalue weighted by atomic mass is 10.0. The van der Waals surface area contributed by atoms with E-state index in [1.165, 1.54) is 11.1 Å². The van der Waals surface area contributed by atoms with Crippen LogP contribution >= 0.6 is 24.0 Å². The summed E-state index contributed by atoms with van der Waals surface area (Å²) < 4.78 is 0. The van der Waals surface area contributed by atoms with E-state index in [1.807, 2.05) is 24.3 Å². The number of hydrogen-bond acceptors (Lipinski definition) is 3. The Kier molecular flexibility index (Phi) is 10.2. The summed E-state index contributed by atoms with van der Waals surface area (Å²) in [6.45, 7) is 1.75. The van der Waals surface area contributed by atoms with E-state index in [-0.39, 0.29) is 18.3 Å². The van der Waals surface area contributed by atoms with Crippen LogP contribution in [-0.2, 0) is 11.3 Å². The fraction of sp³-hybridized carbons (Fsp3) is 0.316. The van der Waals surface area contributed by atoms with E-state index in [0.29, 0.717) is 6.42 Å². The van der Waals surface area contributed by atoms with Crippen LogP contribution in [0.5, 0.6) is 0 Å². The van der Waals surface area contributed by atoms with Gasteiger partial charge in [0.25, 0.3) is 0 Å². The molecule has 136 valence electrons. The van der Waals surface area contributed by atoms with Crippen LogP contribution in [0.2, 0.25) is 5.02 Å². The van der Waals surface area contributed by atoms with Crippen LogP contribution in [0.3, 0.4) is 0 Å². The first kappa shape index (κ1) is 21.5. The summed E-state index contributed by atoms with van der Waals surface area (Å²) in [6.07, 6.45) is 3.16. The molecule has 2 aromatic rings. The second-order valence-electron chi connectivity index (χ2n) is 5.73. The average Bonchev–Trinajstić information content (AvgIpc) is 2.62. The number of amides is 1. The number of nitrogens with one attached hydrogen (secondary N) is 2. The molecule has 4 nitrogen and oxygen atoms in total. The SMILES string of the molecule is Cl.O=C(CCCCCNCc1ccc(-c2ccc(Cl)cc2)cc1)NO. The van der Waals surface area contributed by atoms with Crippen molar-refractivity contribution < 1.29 is 10.0 Å². The Balaban J connectivity index is 0.00000312. The van der Waals surface area contributed by atoms with Crippen LogP contribution in [-0.4, -0.2) is 17.7 Å². The Labute approximate surface area is 160 Å². The topological polar surface area (TPSA) is 61.4 Å². The van der Waals surface area contributed by atoms with Crippen LogP contribution in [0.4, 0.5) is 0 Å². The van der Waals surface area contributed by atoms with Crippen LogP contribution < -0.4 is 10.8 Å². The maximum absolute atomic E-state index is 10.8. The molecule has 0 aliphatic carbocycles. The standard InChI is InChI=1S/C19H23ClN2O2.ClH/c20-18-11-9-17(10-12-18)16-7-5-15(6-8-16)14-21-13-3-1-2-4-19(23)22-24;/h5-12,21,24H,1-4,13-14H2,(H,22,23);1H. The predicted octanol–water partition coefficient (Wildman–Crippen LogP) is 4.58. The zero-order valence-electron chi connectivity index (χ0n) is 14.0. The molecule has 3 N–H and O–H groups in total. The van der Waals surface area contributed by atoms with Crippen molar-refractivity contribution in [3.8, 4) is 11.1 Å². The highest BCUT2D eigenvalue weighted by Crippen LogP contribution is 2.21. The van der Waals surface area contributed by atoms with E-state index < -0.39 is 0 Å². The molecule has 6 heteroatoms. The second-order valence-corrected chi connectivity index (χ2v) is 6.16. The number of rotatable bonds is 9. The number of carbonyl (C=O) groups is 1. The minimum absolute atomic E-state index is 0. The molecular weight excluding hydrogens is 359 g/mol. The summed E-state index contributed by atoms with van der Waals surface area (Å²) in [7, 11) is 0. The number of halogens is 2. The van der Waals surface area contributed by atoms with Gasteiger partial charge in [-0.3, -0.25) is 10.0 Å². The van der Waals surface area contributed by atoms with Gasteiger partial charge in [-0.2, -0.15) is 0 Å². The number of benzene rings is 2. The molecule has 0 fully saturated rings. The zero-order valence-corrected chi connectivity index (χ0v) is 15.6. The normalized spacial score (nSPS) is 10.2.